The minimum Gasteiger partial charge on any atom is -0.384 e. The molecule has 0 aliphatic heterocycles. The maximum absolute atomic E-state index is 13.5. The average molecular weight is 493 g/mol. The first-order chi connectivity index (χ1) is 16.5. The Morgan fingerprint density at radius 3 is 2.57 bits per heavy atom. The Balaban J connectivity index is 1.33. The fraction of sp³-hybridized carbons (Fsp3) is 0.435. The molecule has 0 bridgehead atoms. The maximum Gasteiger partial charge on any atom is 0.274 e. The van der Waals surface area contributed by atoms with E-state index in [2.05, 4.69) is 38.9 Å². The molecule has 0 spiro atoms. The molecule has 7 nitrogen and oxygen atoms in total. The van der Waals surface area contributed by atoms with Gasteiger partial charge in [-0.15, -0.1) is 0 Å². The van der Waals surface area contributed by atoms with Gasteiger partial charge >= 0.3 is 0 Å². The molecule has 2 fully saturated rings. The van der Waals surface area contributed by atoms with Crippen LogP contribution in [-0.2, 0) is 17.9 Å². The third-order valence-electron chi connectivity index (χ3n) is 7.54. The lowest BCUT2D eigenvalue weighted by Crippen LogP contribution is -2.41. The Kier molecular flexibility index (Phi) is 5.91. The van der Waals surface area contributed by atoms with E-state index in [9.17, 15) is 14.3 Å². The first-order valence-electron chi connectivity index (χ1n) is 12.0. The van der Waals surface area contributed by atoms with Gasteiger partial charge in [-0.05, 0) is 67.0 Å². The van der Waals surface area contributed by atoms with Crippen molar-refractivity contribution in [3.8, 4) is 0 Å². The summed E-state index contributed by atoms with van der Waals surface area (Å²) in [7, 11) is 8.07. The number of rotatable bonds is 5. The Labute approximate surface area is 211 Å². The van der Waals surface area contributed by atoms with Crippen molar-refractivity contribution in [1.29, 1.82) is 0 Å². The average Bonchev–Trinajstić information content (AvgIpc) is 3.52. The monoisotopic (exact) mass is 493 g/mol. The van der Waals surface area contributed by atoms with Gasteiger partial charge in [0.1, 0.15) is 40.7 Å². The predicted molar refractivity (Wildman–Crippen MR) is 140 cm³/mol. The number of aryl methyl sites for hydroxylation is 1. The van der Waals surface area contributed by atoms with Crippen LogP contribution in [0.3, 0.4) is 0 Å². The number of imidazole rings is 1. The Morgan fingerprint density at radius 1 is 1.26 bits per heavy atom. The largest absolute Gasteiger partial charge is 0.384 e. The second kappa shape index (κ2) is 8.55. The smallest absolute Gasteiger partial charge is 0.274 e. The number of hydrogen-bond acceptors (Lipinski definition) is 4. The normalized spacial score (nSPS) is 26.1. The summed E-state index contributed by atoms with van der Waals surface area (Å²) in [6.45, 7) is 0. The minimum absolute atomic E-state index is 0.0445. The molecule has 1 amide bonds. The third kappa shape index (κ3) is 4.33. The van der Waals surface area contributed by atoms with Gasteiger partial charge in [-0.2, -0.15) is 5.10 Å². The van der Waals surface area contributed by atoms with E-state index in [1.54, 1.807) is 24.1 Å². The van der Waals surface area contributed by atoms with Crippen LogP contribution < -0.4 is 5.32 Å². The van der Waals surface area contributed by atoms with Gasteiger partial charge < -0.3 is 15.0 Å². The van der Waals surface area contributed by atoms with Crippen molar-refractivity contribution < 1.29 is 14.3 Å². The zero-order valence-corrected chi connectivity index (χ0v) is 21.2. The molecule has 0 radical (unpaired) electrons. The summed E-state index contributed by atoms with van der Waals surface area (Å²) < 4.78 is 17.2. The highest BCUT2D eigenvalue weighted by atomic mass is 35.5. The number of nitrogens with zero attached hydrogens (tertiary/aromatic N) is 4. The standard InChI is InChI=1S/C23H28B3ClFN5O2/c1-32-11-29-19(20(32)21(34)31-15-2-3-17(28)16(27)8-15)12-6-13-9-22(35,10-14(13)7-12)18-4-5-30-33(18)23(24,25)26/h2-5,8,11-14,35H,6-7,9-10,24-26H2,1H3,(H,31,34). The molecule has 2 aromatic heterocycles. The molecule has 2 heterocycles. The molecule has 180 valence electrons. The van der Waals surface area contributed by atoms with Crippen molar-refractivity contribution in [2.24, 2.45) is 18.9 Å². The van der Waals surface area contributed by atoms with E-state index >= 15 is 0 Å². The number of aliphatic hydroxyl groups is 1. The minimum atomic E-state index is -0.893. The number of amides is 1. The van der Waals surface area contributed by atoms with Crippen LogP contribution in [0.4, 0.5) is 10.1 Å². The van der Waals surface area contributed by atoms with Crippen molar-refractivity contribution in [2.45, 2.75) is 42.4 Å². The predicted octanol–water partition coefficient (Wildman–Crippen LogP) is 0.920. The van der Waals surface area contributed by atoms with Crippen molar-refractivity contribution >= 4 is 46.7 Å². The molecule has 2 aliphatic rings. The number of fused-ring (bicyclic) bond motifs is 1. The maximum atomic E-state index is 13.5. The topological polar surface area (TPSA) is 85.0 Å². The van der Waals surface area contributed by atoms with E-state index in [4.69, 9.17) is 11.6 Å². The lowest BCUT2D eigenvalue weighted by atomic mass is 9.49. The Morgan fingerprint density at radius 2 is 1.94 bits per heavy atom. The van der Waals surface area contributed by atoms with E-state index in [-0.39, 0.29) is 22.1 Å². The summed E-state index contributed by atoms with van der Waals surface area (Å²) >= 11 is 5.87. The van der Waals surface area contributed by atoms with Crippen LogP contribution in [0.2, 0.25) is 5.02 Å². The molecule has 2 atom stereocenters. The molecule has 2 N–H and O–H groups in total. The van der Waals surface area contributed by atoms with Gasteiger partial charge in [0.25, 0.3) is 5.91 Å². The number of aromatic nitrogens is 4. The number of hydrogen-bond donors (Lipinski definition) is 2. The van der Waals surface area contributed by atoms with Gasteiger partial charge in [0, 0.05) is 24.8 Å². The molecule has 2 saturated carbocycles. The third-order valence-corrected chi connectivity index (χ3v) is 7.83. The van der Waals surface area contributed by atoms with Gasteiger partial charge in [-0.3, -0.25) is 9.48 Å². The quantitative estimate of drug-likeness (QED) is 0.518. The van der Waals surface area contributed by atoms with Crippen molar-refractivity contribution in [1.82, 2.24) is 19.3 Å². The lowest BCUT2D eigenvalue weighted by Gasteiger charge is -2.31. The molecule has 1 aromatic carbocycles. The Hall–Kier alpha value is -2.52. The van der Waals surface area contributed by atoms with Crippen LogP contribution in [0.1, 0.15) is 53.5 Å². The lowest BCUT2D eigenvalue weighted by molar-refractivity contribution is 0.0253. The van der Waals surface area contributed by atoms with Gasteiger partial charge in [-0.1, -0.05) is 11.6 Å². The fourth-order valence-corrected chi connectivity index (χ4v) is 6.25. The highest BCUT2D eigenvalue weighted by Crippen LogP contribution is 2.57. The molecule has 12 heteroatoms. The van der Waals surface area contributed by atoms with Crippen LogP contribution in [0.25, 0.3) is 0 Å². The number of halogens is 2. The molecular weight excluding hydrogens is 465 g/mol. The van der Waals surface area contributed by atoms with Gasteiger partial charge in [-0.25, -0.2) is 9.37 Å². The number of carbonyl (C=O) groups is 1. The number of carbonyl (C=O) groups excluding carboxylic acids is 1. The molecular formula is C23H28B3ClFN5O2. The van der Waals surface area contributed by atoms with Crippen LogP contribution >= 0.6 is 11.6 Å². The SMILES string of the molecule is BC(B)(B)n1nccc1C1(O)CC2CC(c3ncn(C)c3C(=O)Nc3ccc(F)c(Cl)c3)CC2C1. The summed E-state index contributed by atoms with van der Waals surface area (Å²) in [6, 6.07) is 6.05. The summed E-state index contributed by atoms with van der Waals surface area (Å²) in [5, 5.41) is 18.7. The summed E-state index contributed by atoms with van der Waals surface area (Å²) in [6.07, 6.45) is 6.53. The molecule has 2 unspecified atom stereocenters. The first-order valence-corrected chi connectivity index (χ1v) is 12.4. The molecule has 3 aromatic rings. The highest BCUT2D eigenvalue weighted by Gasteiger charge is 2.52. The summed E-state index contributed by atoms with van der Waals surface area (Å²) in [5.41, 5.74) is 1.69. The molecule has 5 rings (SSSR count). The summed E-state index contributed by atoms with van der Waals surface area (Å²) in [4.78, 5) is 17.7. The van der Waals surface area contributed by atoms with Crippen molar-refractivity contribution in [2.75, 3.05) is 5.32 Å². The van der Waals surface area contributed by atoms with E-state index in [0.29, 0.717) is 36.1 Å². The van der Waals surface area contributed by atoms with E-state index in [0.717, 1.165) is 24.2 Å². The van der Waals surface area contributed by atoms with Gasteiger partial charge in [0.2, 0.25) is 0 Å². The fourth-order valence-electron chi connectivity index (χ4n) is 6.07. The molecule has 0 saturated heterocycles. The number of anilines is 1. The van der Waals surface area contributed by atoms with Crippen LogP contribution in [0, 0.1) is 17.7 Å². The first kappa shape index (κ1) is 24.2. The zero-order valence-electron chi connectivity index (χ0n) is 20.4. The second-order valence-electron chi connectivity index (χ2n) is 11.1. The van der Waals surface area contributed by atoms with Crippen molar-refractivity contribution in [3.63, 3.8) is 0 Å². The van der Waals surface area contributed by atoms with E-state index in [1.807, 2.05) is 10.7 Å². The van der Waals surface area contributed by atoms with Crippen LogP contribution in [0.15, 0.2) is 36.8 Å². The Bertz CT molecular complexity index is 1280. The second-order valence-corrected chi connectivity index (χ2v) is 11.5. The van der Waals surface area contributed by atoms with Gasteiger partial charge in [0.05, 0.1) is 22.7 Å². The number of nitrogens with one attached hydrogen (secondary N) is 1. The van der Waals surface area contributed by atoms with Crippen LogP contribution in [0.5, 0.6) is 0 Å². The van der Waals surface area contributed by atoms with Crippen LogP contribution in [-0.4, -0.2) is 53.9 Å². The highest BCUT2D eigenvalue weighted by molar-refractivity contribution is 6.56. The summed E-state index contributed by atoms with van der Waals surface area (Å²) in [5.74, 6) is 0.00401. The zero-order chi connectivity index (χ0) is 25.1. The van der Waals surface area contributed by atoms with Crippen molar-refractivity contribution in [3.05, 3.63) is 64.7 Å². The van der Waals surface area contributed by atoms with E-state index in [1.165, 1.54) is 18.2 Å². The molecule has 35 heavy (non-hydrogen) atoms. The van der Waals surface area contributed by atoms with E-state index < -0.39 is 11.4 Å². The van der Waals surface area contributed by atoms with Gasteiger partial charge in [0.15, 0.2) is 0 Å². The molecule has 2 aliphatic carbocycles. The number of benzene rings is 1.